The van der Waals surface area contributed by atoms with Gasteiger partial charge in [0.15, 0.2) is 0 Å². The van der Waals surface area contributed by atoms with Gasteiger partial charge in [-0.3, -0.25) is 4.79 Å². The van der Waals surface area contributed by atoms with E-state index in [0.29, 0.717) is 6.04 Å². The molecule has 1 amide bonds. The molecule has 1 saturated carbocycles. The van der Waals surface area contributed by atoms with E-state index in [1.165, 1.54) is 7.11 Å². The highest BCUT2D eigenvalue weighted by Crippen LogP contribution is 2.27. The molecule has 0 heterocycles. The van der Waals surface area contributed by atoms with Gasteiger partial charge < -0.3 is 16.2 Å². The van der Waals surface area contributed by atoms with Crippen LogP contribution in [0.1, 0.15) is 25.7 Å². The first kappa shape index (κ1) is 10.5. The SMILES string of the molecule is COC(C(N)=O)C1CCC(N)CC1. The number of nitrogens with two attached hydrogens (primary N) is 2. The summed E-state index contributed by atoms with van der Waals surface area (Å²) >= 11 is 0. The molecule has 4 nitrogen and oxygen atoms in total. The quantitative estimate of drug-likeness (QED) is 0.651. The highest BCUT2D eigenvalue weighted by molar-refractivity contribution is 5.79. The Labute approximate surface area is 78.6 Å². The van der Waals surface area contributed by atoms with Crippen molar-refractivity contribution in [3.05, 3.63) is 0 Å². The van der Waals surface area contributed by atoms with Gasteiger partial charge in [0.25, 0.3) is 0 Å². The Balaban J connectivity index is 2.46. The van der Waals surface area contributed by atoms with Crippen LogP contribution in [0, 0.1) is 5.92 Å². The van der Waals surface area contributed by atoms with Crippen LogP contribution in [0.25, 0.3) is 0 Å². The van der Waals surface area contributed by atoms with Gasteiger partial charge in [0, 0.05) is 13.2 Å². The first-order valence-corrected chi connectivity index (χ1v) is 4.73. The summed E-state index contributed by atoms with van der Waals surface area (Å²) in [5.74, 6) is -0.0923. The minimum Gasteiger partial charge on any atom is -0.371 e. The Hall–Kier alpha value is -0.610. The predicted octanol–water partition coefficient (Wildman–Crippen LogP) is 0.00420. The summed E-state index contributed by atoms with van der Waals surface area (Å²) in [6.45, 7) is 0. The zero-order chi connectivity index (χ0) is 9.84. The molecule has 4 N–H and O–H groups in total. The minimum atomic E-state index is -0.424. The van der Waals surface area contributed by atoms with E-state index in [2.05, 4.69) is 0 Å². The summed E-state index contributed by atoms with van der Waals surface area (Å²) in [5, 5.41) is 0. The number of primary amides is 1. The minimum absolute atomic E-state index is 0.266. The lowest BCUT2D eigenvalue weighted by atomic mass is 9.83. The van der Waals surface area contributed by atoms with Crippen LogP contribution in [0.5, 0.6) is 0 Å². The van der Waals surface area contributed by atoms with Gasteiger partial charge in [0.2, 0.25) is 5.91 Å². The number of methoxy groups -OCH3 is 1. The molecule has 1 rings (SSSR count). The van der Waals surface area contributed by atoms with Crippen molar-refractivity contribution in [1.29, 1.82) is 0 Å². The van der Waals surface area contributed by atoms with Gasteiger partial charge >= 0.3 is 0 Å². The Morgan fingerprint density at radius 1 is 1.38 bits per heavy atom. The predicted molar refractivity (Wildman–Crippen MR) is 49.9 cm³/mol. The summed E-state index contributed by atoms with van der Waals surface area (Å²) < 4.78 is 5.07. The Morgan fingerprint density at radius 2 is 1.92 bits per heavy atom. The van der Waals surface area contributed by atoms with Crippen LogP contribution in [0.4, 0.5) is 0 Å². The third-order valence-corrected chi connectivity index (χ3v) is 2.78. The van der Waals surface area contributed by atoms with Gasteiger partial charge in [-0.25, -0.2) is 0 Å². The Morgan fingerprint density at radius 3 is 2.31 bits per heavy atom. The molecule has 0 radical (unpaired) electrons. The summed E-state index contributed by atoms with van der Waals surface area (Å²) in [6, 6.07) is 0.293. The van der Waals surface area contributed by atoms with Crippen LogP contribution < -0.4 is 11.5 Å². The van der Waals surface area contributed by atoms with Crippen LogP contribution >= 0.6 is 0 Å². The van der Waals surface area contributed by atoms with Crippen LogP contribution in [0.3, 0.4) is 0 Å². The van der Waals surface area contributed by atoms with Crippen LogP contribution in [0.2, 0.25) is 0 Å². The third-order valence-electron chi connectivity index (χ3n) is 2.78. The molecule has 1 unspecified atom stereocenters. The maximum atomic E-state index is 11.0. The number of carbonyl (C=O) groups is 1. The highest BCUT2D eigenvalue weighted by Gasteiger charge is 2.29. The number of hydrogen-bond acceptors (Lipinski definition) is 3. The van der Waals surface area contributed by atoms with Crippen molar-refractivity contribution in [2.24, 2.45) is 17.4 Å². The highest BCUT2D eigenvalue weighted by atomic mass is 16.5. The molecule has 1 aliphatic rings. The smallest absolute Gasteiger partial charge is 0.246 e. The second kappa shape index (κ2) is 4.58. The topological polar surface area (TPSA) is 78.3 Å². The monoisotopic (exact) mass is 186 g/mol. The normalized spacial score (nSPS) is 31.2. The van der Waals surface area contributed by atoms with Crippen LogP contribution in [-0.2, 0) is 9.53 Å². The molecule has 0 aliphatic heterocycles. The van der Waals surface area contributed by atoms with Crippen molar-refractivity contribution >= 4 is 5.91 Å². The molecule has 0 aromatic carbocycles. The number of hydrogen-bond donors (Lipinski definition) is 2. The standard InChI is InChI=1S/C9H18N2O2/c1-13-8(9(11)12)6-2-4-7(10)5-3-6/h6-8H,2-5,10H2,1H3,(H2,11,12). The zero-order valence-corrected chi connectivity index (χ0v) is 8.03. The van der Waals surface area contributed by atoms with Gasteiger partial charge in [-0.05, 0) is 31.6 Å². The largest absolute Gasteiger partial charge is 0.371 e. The zero-order valence-electron chi connectivity index (χ0n) is 8.03. The lowest BCUT2D eigenvalue weighted by Crippen LogP contribution is -2.40. The fraction of sp³-hybridized carbons (Fsp3) is 0.889. The Bertz CT molecular complexity index is 176. The molecule has 0 spiro atoms. The first-order chi connectivity index (χ1) is 6.15. The fourth-order valence-electron chi connectivity index (χ4n) is 1.99. The van der Waals surface area contributed by atoms with Gasteiger partial charge in [-0.15, -0.1) is 0 Å². The van der Waals surface area contributed by atoms with Gasteiger partial charge in [-0.1, -0.05) is 0 Å². The lowest BCUT2D eigenvalue weighted by Gasteiger charge is -2.29. The van der Waals surface area contributed by atoms with Gasteiger partial charge in [0.05, 0.1) is 0 Å². The fourth-order valence-corrected chi connectivity index (χ4v) is 1.99. The molecule has 1 fully saturated rings. The lowest BCUT2D eigenvalue weighted by molar-refractivity contribution is -0.131. The first-order valence-electron chi connectivity index (χ1n) is 4.73. The number of ether oxygens (including phenoxy) is 1. The summed E-state index contributed by atoms with van der Waals surface area (Å²) in [5.41, 5.74) is 11.0. The summed E-state index contributed by atoms with van der Waals surface area (Å²) in [6.07, 6.45) is 3.41. The molecular weight excluding hydrogens is 168 g/mol. The van der Waals surface area contributed by atoms with E-state index in [1.54, 1.807) is 0 Å². The number of rotatable bonds is 3. The average Bonchev–Trinajstić information content (AvgIpc) is 2.09. The molecule has 0 aromatic rings. The van der Waals surface area contributed by atoms with E-state index in [4.69, 9.17) is 16.2 Å². The van der Waals surface area contributed by atoms with Crippen LogP contribution in [0.15, 0.2) is 0 Å². The second-order valence-electron chi connectivity index (χ2n) is 3.73. The number of amides is 1. The average molecular weight is 186 g/mol. The third kappa shape index (κ3) is 2.67. The van der Waals surface area contributed by atoms with Crippen molar-refractivity contribution in [3.8, 4) is 0 Å². The second-order valence-corrected chi connectivity index (χ2v) is 3.73. The van der Waals surface area contributed by atoms with E-state index in [1.807, 2.05) is 0 Å². The van der Waals surface area contributed by atoms with E-state index in [0.717, 1.165) is 25.7 Å². The van der Waals surface area contributed by atoms with Gasteiger partial charge in [-0.2, -0.15) is 0 Å². The Kier molecular flexibility index (Phi) is 3.69. The molecule has 0 bridgehead atoms. The van der Waals surface area contributed by atoms with Crippen molar-refractivity contribution < 1.29 is 9.53 Å². The summed E-state index contributed by atoms with van der Waals surface area (Å²) in [7, 11) is 1.53. The van der Waals surface area contributed by atoms with E-state index < -0.39 is 6.10 Å². The van der Waals surface area contributed by atoms with Crippen molar-refractivity contribution in [3.63, 3.8) is 0 Å². The molecule has 76 valence electrons. The maximum Gasteiger partial charge on any atom is 0.246 e. The van der Waals surface area contributed by atoms with Crippen molar-refractivity contribution in [1.82, 2.24) is 0 Å². The molecule has 13 heavy (non-hydrogen) atoms. The van der Waals surface area contributed by atoms with E-state index in [9.17, 15) is 4.79 Å². The van der Waals surface area contributed by atoms with Crippen molar-refractivity contribution in [2.45, 2.75) is 37.8 Å². The molecule has 1 aliphatic carbocycles. The molecule has 4 heteroatoms. The molecule has 0 aromatic heterocycles. The van der Waals surface area contributed by atoms with Crippen molar-refractivity contribution in [2.75, 3.05) is 7.11 Å². The summed E-state index contributed by atoms with van der Waals surface area (Å²) in [4.78, 5) is 11.0. The number of carbonyl (C=O) groups excluding carboxylic acids is 1. The molecule has 0 saturated heterocycles. The maximum absolute atomic E-state index is 11.0. The van der Waals surface area contributed by atoms with Crippen LogP contribution in [-0.4, -0.2) is 25.2 Å². The van der Waals surface area contributed by atoms with Gasteiger partial charge in [0.1, 0.15) is 6.10 Å². The van der Waals surface area contributed by atoms with E-state index >= 15 is 0 Å². The van der Waals surface area contributed by atoms with E-state index in [-0.39, 0.29) is 11.8 Å². The molecule has 1 atom stereocenters. The molecular formula is C9H18N2O2.